The van der Waals surface area contributed by atoms with E-state index in [-0.39, 0.29) is 6.42 Å². The first-order valence-electron chi connectivity index (χ1n) is 4.33. The van der Waals surface area contributed by atoms with Crippen molar-refractivity contribution in [2.24, 2.45) is 0 Å². The molecule has 0 aliphatic carbocycles. The summed E-state index contributed by atoms with van der Waals surface area (Å²) in [5.41, 5.74) is 0. The molecule has 0 spiro atoms. The predicted octanol–water partition coefficient (Wildman–Crippen LogP) is 2.36. The van der Waals surface area contributed by atoms with Gasteiger partial charge in [0.15, 0.2) is 0 Å². The summed E-state index contributed by atoms with van der Waals surface area (Å²) in [4.78, 5) is 16.5. The quantitative estimate of drug-likeness (QED) is 0.504. The van der Waals surface area contributed by atoms with Crippen LogP contribution in [-0.2, 0) is 9.09 Å². The monoisotopic (exact) mass is 214 g/mol. The van der Waals surface area contributed by atoms with Crippen molar-refractivity contribution in [1.29, 1.82) is 0 Å². The predicted molar refractivity (Wildman–Crippen MR) is 46.8 cm³/mol. The highest BCUT2D eigenvalue weighted by Gasteiger charge is 2.20. The van der Waals surface area contributed by atoms with E-state index in [0.29, 0.717) is 6.42 Å². The number of halogens is 1. The average Bonchev–Trinajstić information content (AvgIpc) is 1.94. The summed E-state index contributed by atoms with van der Waals surface area (Å²) in [6.45, 7) is 2.03. The van der Waals surface area contributed by atoms with Crippen molar-refractivity contribution >= 4 is 7.82 Å². The molecule has 0 saturated carbocycles. The topological polar surface area (TPSA) is 66.8 Å². The molecular formula is C7H16FO4P. The standard InChI is InChI=1S/C7H16FO4P/c1-2-3-4-5-6-7(8)12-13(9,10)11/h7H,2-6H2,1H3,(H2,9,10,11). The number of alkyl halides is 1. The Bertz CT molecular complexity index is 170. The highest BCUT2D eigenvalue weighted by molar-refractivity contribution is 7.46. The van der Waals surface area contributed by atoms with E-state index in [2.05, 4.69) is 4.52 Å². The number of phosphoric ester groups is 1. The Balaban J connectivity index is 3.41. The van der Waals surface area contributed by atoms with Crippen LogP contribution >= 0.6 is 7.82 Å². The van der Waals surface area contributed by atoms with Crippen molar-refractivity contribution in [3.8, 4) is 0 Å². The van der Waals surface area contributed by atoms with Crippen LogP contribution in [0, 0.1) is 0 Å². The van der Waals surface area contributed by atoms with Gasteiger partial charge in [-0.2, -0.15) is 0 Å². The van der Waals surface area contributed by atoms with E-state index in [4.69, 9.17) is 9.79 Å². The third kappa shape index (κ3) is 9.96. The van der Waals surface area contributed by atoms with Crippen molar-refractivity contribution < 1.29 is 23.3 Å². The summed E-state index contributed by atoms with van der Waals surface area (Å²) < 4.78 is 26.6. The minimum atomic E-state index is -4.65. The van der Waals surface area contributed by atoms with Gasteiger partial charge in [0, 0.05) is 6.42 Å². The second kappa shape index (κ2) is 6.49. The van der Waals surface area contributed by atoms with Crippen molar-refractivity contribution in [1.82, 2.24) is 0 Å². The normalized spacial score (nSPS) is 14.5. The second-order valence-electron chi connectivity index (χ2n) is 2.86. The zero-order chi connectivity index (χ0) is 10.3. The molecule has 80 valence electrons. The van der Waals surface area contributed by atoms with E-state index in [1.807, 2.05) is 6.92 Å². The first-order valence-corrected chi connectivity index (χ1v) is 5.86. The number of hydrogen-bond acceptors (Lipinski definition) is 2. The van der Waals surface area contributed by atoms with Gasteiger partial charge in [-0.1, -0.05) is 26.2 Å². The van der Waals surface area contributed by atoms with Crippen LogP contribution in [0.5, 0.6) is 0 Å². The van der Waals surface area contributed by atoms with Gasteiger partial charge in [0.1, 0.15) is 0 Å². The molecule has 0 amide bonds. The van der Waals surface area contributed by atoms with Crippen molar-refractivity contribution in [3.63, 3.8) is 0 Å². The Labute approximate surface area is 77.3 Å². The van der Waals surface area contributed by atoms with Gasteiger partial charge in [0.05, 0.1) is 0 Å². The fourth-order valence-corrected chi connectivity index (χ4v) is 1.34. The molecule has 4 nitrogen and oxygen atoms in total. The molecule has 0 aliphatic rings. The summed E-state index contributed by atoms with van der Waals surface area (Å²) in [7, 11) is -4.65. The van der Waals surface area contributed by atoms with Gasteiger partial charge < -0.3 is 9.79 Å². The SMILES string of the molecule is CCCCCCC(F)OP(=O)(O)O. The molecular weight excluding hydrogens is 198 g/mol. The highest BCUT2D eigenvalue weighted by atomic mass is 31.2. The molecule has 0 aliphatic heterocycles. The van der Waals surface area contributed by atoms with Gasteiger partial charge in [-0.15, -0.1) is 0 Å². The first kappa shape index (κ1) is 13.0. The molecule has 0 radical (unpaired) electrons. The maximum Gasteiger partial charge on any atom is 0.472 e. The molecule has 0 aromatic heterocycles. The van der Waals surface area contributed by atoms with Crippen LogP contribution in [-0.4, -0.2) is 16.1 Å². The average molecular weight is 214 g/mol. The van der Waals surface area contributed by atoms with Gasteiger partial charge in [0.2, 0.25) is 6.36 Å². The van der Waals surface area contributed by atoms with E-state index in [1.165, 1.54) is 0 Å². The molecule has 1 atom stereocenters. The van der Waals surface area contributed by atoms with E-state index in [9.17, 15) is 8.96 Å². The molecule has 13 heavy (non-hydrogen) atoms. The fraction of sp³-hybridized carbons (Fsp3) is 1.00. The van der Waals surface area contributed by atoms with Crippen molar-refractivity contribution in [2.75, 3.05) is 0 Å². The van der Waals surface area contributed by atoms with E-state index in [0.717, 1.165) is 19.3 Å². The van der Waals surface area contributed by atoms with Gasteiger partial charge in [0.25, 0.3) is 0 Å². The Morgan fingerprint density at radius 1 is 1.38 bits per heavy atom. The van der Waals surface area contributed by atoms with Gasteiger partial charge >= 0.3 is 7.82 Å². The van der Waals surface area contributed by atoms with Crippen molar-refractivity contribution in [3.05, 3.63) is 0 Å². The summed E-state index contributed by atoms with van der Waals surface area (Å²) in [6.07, 6.45) is 1.69. The molecule has 0 aromatic carbocycles. The van der Waals surface area contributed by atoms with Crippen molar-refractivity contribution in [2.45, 2.75) is 45.4 Å². The number of phosphoric acid groups is 1. The zero-order valence-electron chi connectivity index (χ0n) is 7.65. The lowest BCUT2D eigenvalue weighted by Crippen LogP contribution is -2.04. The van der Waals surface area contributed by atoms with E-state index >= 15 is 0 Å². The van der Waals surface area contributed by atoms with Gasteiger partial charge in [-0.3, -0.25) is 4.52 Å². The van der Waals surface area contributed by atoms with Crippen LogP contribution in [0.1, 0.15) is 39.0 Å². The van der Waals surface area contributed by atoms with Gasteiger partial charge in [-0.25, -0.2) is 8.96 Å². The maximum absolute atomic E-state index is 12.6. The number of hydrogen-bond donors (Lipinski definition) is 2. The Hall–Kier alpha value is 0.0400. The summed E-state index contributed by atoms with van der Waals surface area (Å²) in [6, 6.07) is 0. The third-order valence-corrected chi connectivity index (χ3v) is 2.04. The van der Waals surface area contributed by atoms with Crippen LogP contribution in [0.25, 0.3) is 0 Å². The summed E-state index contributed by atoms with van der Waals surface area (Å²) >= 11 is 0. The largest absolute Gasteiger partial charge is 0.472 e. The van der Waals surface area contributed by atoms with Gasteiger partial charge in [-0.05, 0) is 6.42 Å². The second-order valence-corrected chi connectivity index (χ2v) is 4.05. The molecule has 0 bridgehead atoms. The van der Waals surface area contributed by atoms with Crippen LogP contribution < -0.4 is 0 Å². The molecule has 0 rings (SSSR count). The maximum atomic E-state index is 12.6. The van der Waals surface area contributed by atoms with Crippen LogP contribution in [0.4, 0.5) is 4.39 Å². The first-order chi connectivity index (χ1) is 5.95. The Morgan fingerprint density at radius 3 is 2.46 bits per heavy atom. The lowest BCUT2D eigenvalue weighted by atomic mass is 10.2. The summed E-state index contributed by atoms with van der Waals surface area (Å²) in [5.74, 6) is 0. The smallest absolute Gasteiger partial charge is 0.303 e. The van der Waals surface area contributed by atoms with Crippen LogP contribution in [0.15, 0.2) is 0 Å². The minimum absolute atomic E-state index is 0.0467. The molecule has 6 heteroatoms. The number of rotatable bonds is 7. The lowest BCUT2D eigenvalue weighted by Gasteiger charge is -2.09. The molecule has 1 unspecified atom stereocenters. The van der Waals surface area contributed by atoms with E-state index < -0.39 is 14.2 Å². The summed E-state index contributed by atoms with van der Waals surface area (Å²) in [5, 5.41) is 0. The Kier molecular flexibility index (Phi) is 6.51. The third-order valence-electron chi connectivity index (χ3n) is 1.54. The van der Waals surface area contributed by atoms with Crippen LogP contribution in [0.2, 0.25) is 0 Å². The molecule has 2 N–H and O–H groups in total. The molecule has 0 aromatic rings. The molecule has 0 heterocycles. The minimum Gasteiger partial charge on any atom is -0.303 e. The Morgan fingerprint density at radius 2 is 2.00 bits per heavy atom. The lowest BCUT2D eigenvalue weighted by molar-refractivity contribution is 0.0273. The van der Waals surface area contributed by atoms with Crippen LogP contribution in [0.3, 0.4) is 0 Å². The highest BCUT2D eigenvalue weighted by Crippen LogP contribution is 2.38. The van der Waals surface area contributed by atoms with E-state index in [1.54, 1.807) is 0 Å². The molecule has 0 fully saturated rings. The molecule has 0 saturated heterocycles. The zero-order valence-corrected chi connectivity index (χ0v) is 8.54. The number of unbranched alkanes of at least 4 members (excludes halogenated alkanes) is 3. The fourth-order valence-electron chi connectivity index (χ4n) is 0.933.